The molecule has 0 fully saturated rings. The summed E-state index contributed by atoms with van der Waals surface area (Å²) in [5.74, 6) is 0.263. The van der Waals surface area contributed by atoms with Crippen molar-refractivity contribution >= 4 is 11.8 Å². The second-order valence-electron chi connectivity index (χ2n) is 1.97. The Kier molecular flexibility index (Phi) is 3.73. The molecule has 1 rings (SSSR count). The lowest BCUT2D eigenvalue weighted by molar-refractivity contribution is 0.420. The summed E-state index contributed by atoms with van der Waals surface area (Å²) in [6, 6.07) is 5.40. The first-order valence-corrected chi connectivity index (χ1v) is 4.32. The smallest absolute Gasteiger partial charge is 0.250 e. The van der Waals surface area contributed by atoms with Crippen LogP contribution < -0.4 is 0 Å². The zero-order chi connectivity index (χ0) is 8.81. The van der Waals surface area contributed by atoms with Crippen molar-refractivity contribution in [2.75, 3.05) is 5.75 Å². The molecule has 0 saturated heterocycles. The minimum atomic E-state index is -1.64. The van der Waals surface area contributed by atoms with Crippen LogP contribution in [0.2, 0.25) is 0 Å². The quantitative estimate of drug-likeness (QED) is 0.675. The van der Waals surface area contributed by atoms with Crippen LogP contribution in [0.15, 0.2) is 41.6 Å². The van der Waals surface area contributed by atoms with Crippen molar-refractivity contribution in [1.82, 2.24) is 4.98 Å². The molecule has 1 aromatic rings. The molecule has 64 valence electrons. The summed E-state index contributed by atoms with van der Waals surface area (Å²) in [6.07, 6.45) is 0.871. The maximum absolute atomic E-state index is 11.6. The Morgan fingerprint density at radius 2 is 2.33 bits per heavy atom. The number of rotatable bonds is 3. The Balaban J connectivity index is 2.39. The van der Waals surface area contributed by atoms with Crippen LogP contribution in [0.4, 0.5) is 8.78 Å². The first-order chi connectivity index (χ1) is 5.79. The highest BCUT2D eigenvalue weighted by Crippen LogP contribution is 2.14. The van der Waals surface area contributed by atoms with Crippen molar-refractivity contribution in [3.8, 4) is 0 Å². The molecule has 1 nitrogen and oxygen atoms in total. The van der Waals surface area contributed by atoms with Crippen molar-refractivity contribution in [2.24, 2.45) is 0 Å². The molecule has 0 saturated carbocycles. The van der Waals surface area contributed by atoms with Gasteiger partial charge in [0.15, 0.2) is 0 Å². The van der Waals surface area contributed by atoms with Crippen LogP contribution in [-0.2, 0) is 0 Å². The summed E-state index contributed by atoms with van der Waals surface area (Å²) in [5.41, 5.74) is 0. The summed E-state index contributed by atoms with van der Waals surface area (Å²) in [7, 11) is 0. The van der Waals surface area contributed by atoms with E-state index < -0.39 is 6.08 Å². The average Bonchev–Trinajstić information content (AvgIpc) is 2.05. The van der Waals surface area contributed by atoms with Gasteiger partial charge in [0.05, 0.1) is 5.03 Å². The lowest BCUT2D eigenvalue weighted by atomic mass is 10.5. The van der Waals surface area contributed by atoms with Gasteiger partial charge in [-0.2, -0.15) is 8.78 Å². The molecule has 4 heteroatoms. The minimum Gasteiger partial charge on any atom is -0.250 e. The molecule has 0 spiro atoms. The van der Waals surface area contributed by atoms with Crippen LogP contribution in [0.3, 0.4) is 0 Å². The maximum atomic E-state index is 11.6. The summed E-state index contributed by atoms with van der Waals surface area (Å²) < 4.78 is 23.1. The average molecular weight is 187 g/mol. The fourth-order valence-electron chi connectivity index (χ4n) is 0.623. The van der Waals surface area contributed by atoms with Crippen molar-refractivity contribution < 1.29 is 8.78 Å². The molecule has 1 heterocycles. The molecule has 0 atom stereocenters. The Bertz CT molecular complexity index is 257. The highest BCUT2D eigenvalue weighted by molar-refractivity contribution is 7.99. The lowest BCUT2D eigenvalue weighted by Gasteiger charge is -1.93. The van der Waals surface area contributed by atoms with E-state index in [1.54, 1.807) is 18.3 Å². The molecule has 0 bridgehead atoms. The van der Waals surface area contributed by atoms with Crippen molar-refractivity contribution in [3.63, 3.8) is 0 Å². The van der Waals surface area contributed by atoms with E-state index in [-0.39, 0.29) is 5.75 Å². The Morgan fingerprint density at radius 1 is 1.50 bits per heavy atom. The SMILES string of the molecule is FC(F)=CCSc1ccccn1. The monoisotopic (exact) mass is 187 g/mol. The fraction of sp³-hybridized carbons (Fsp3) is 0.125. The standard InChI is InChI=1S/C8H7F2NS/c9-7(10)4-6-12-8-3-1-2-5-11-8/h1-5H,6H2. The third kappa shape index (κ3) is 3.48. The van der Waals surface area contributed by atoms with E-state index in [4.69, 9.17) is 0 Å². The second kappa shape index (κ2) is 4.87. The first-order valence-electron chi connectivity index (χ1n) is 3.34. The van der Waals surface area contributed by atoms with Gasteiger partial charge >= 0.3 is 0 Å². The number of pyridine rings is 1. The number of thioether (sulfide) groups is 1. The van der Waals surface area contributed by atoms with Gasteiger partial charge in [0.25, 0.3) is 6.08 Å². The summed E-state index contributed by atoms with van der Waals surface area (Å²) >= 11 is 1.28. The van der Waals surface area contributed by atoms with Crippen LogP contribution in [0.5, 0.6) is 0 Å². The van der Waals surface area contributed by atoms with Crippen LogP contribution in [0.1, 0.15) is 0 Å². The van der Waals surface area contributed by atoms with Gasteiger partial charge in [-0.1, -0.05) is 6.07 Å². The van der Waals surface area contributed by atoms with Gasteiger partial charge in [-0.25, -0.2) is 4.98 Å². The molecule has 0 aliphatic carbocycles. The van der Waals surface area contributed by atoms with Gasteiger partial charge in [0, 0.05) is 11.9 Å². The number of hydrogen-bond donors (Lipinski definition) is 0. The lowest BCUT2D eigenvalue weighted by Crippen LogP contribution is -1.78. The van der Waals surface area contributed by atoms with E-state index in [9.17, 15) is 8.78 Å². The molecule has 0 unspecified atom stereocenters. The van der Waals surface area contributed by atoms with Crippen LogP contribution in [0.25, 0.3) is 0 Å². The van der Waals surface area contributed by atoms with Crippen LogP contribution in [-0.4, -0.2) is 10.7 Å². The molecule has 1 aromatic heterocycles. The molecular weight excluding hydrogens is 180 g/mol. The second-order valence-corrected chi connectivity index (χ2v) is 3.01. The molecule has 0 N–H and O–H groups in total. The molecule has 12 heavy (non-hydrogen) atoms. The van der Waals surface area contributed by atoms with Crippen molar-refractivity contribution in [2.45, 2.75) is 5.03 Å². The molecular formula is C8H7F2NS. The van der Waals surface area contributed by atoms with Gasteiger partial charge in [-0.3, -0.25) is 0 Å². The third-order valence-corrected chi connectivity index (χ3v) is 1.98. The summed E-state index contributed by atoms with van der Waals surface area (Å²) in [6.45, 7) is 0. The fourth-order valence-corrected chi connectivity index (χ4v) is 1.31. The topological polar surface area (TPSA) is 12.9 Å². The number of aromatic nitrogens is 1. The van der Waals surface area contributed by atoms with E-state index in [2.05, 4.69) is 4.98 Å². The summed E-state index contributed by atoms with van der Waals surface area (Å²) in [4.78, 5) is 3.96. The maximum Gasteiger partial charge on any atom is 0.267 e. The van der Waals surface area contributed by atoms with Crippen LogP contribution in [0, 0.1) is 0 Å². The van der Waals surface area contributed by atoms with Crippen molar-refractivity contribution in [1.29, 1.82) is 0 Å². The van der Waals surface area contributed by atoms with Crippen molar-refractivity contribution in [3.05, 3.63) is 36.6 Å². The van der Waals surface area contributed by atoms with Gasteiger partial charge in [0.1, 0.15) is 0 Å². The molecule has 0 aliphatic rings. The van der Waals surface area contributed by atoms with Crippen LogP contribution >= 0.6 is 11.8 Å². The minimum absolute atomic E-state index is 0.263. The predicted octanol–water partition coefficient (Wildman–Crippen LogP) is 2.95. The number of halogens is 2. The highest BCUT2D eigenvalue weighted by Gasteiger charge is 1.92. The molecule has 0 amide bonds. The number of hydrogen-bond acceptors (Lipinski definition) is 2. The third-order valence-electron chi connectivity index (χ3n) is 1.11. The first kappa shape index (κ1) is 9.19. The van der Waals surface area contributed by atoms with E-state index in [1.807, 2.05) is 6.07 Å². The Morgan fingerprint density at radius 3 is 2.92 bits per heavy atom. The van der Waals surface area contributed by atoms with Gasteiger partial charge < -0.3 is 0 Å². The zero-order valence-electron chi connectivity index (χ0n) is 6.21. The molecule has 0 aromatic carbocycles. The van der Waals surface area contributed by atoms with Gasteiger partial charge in [-0.05, 0) is 18.2 Å². The van der Waals surface area contributed by atoms with E-state index >= 15 is 0 Å². The highest BCUT2D eigenvalue weighted by atomic mass is 32.2. The van der Waals surface area contributed by atoms with E-state index in [0.29, 0.717) is 0 Å². The predicted molar refractivity (Wildman–Crippen MR) is 45.3 cm³/mol. The molecule has 0 radical (unpaired) electrons. The zero-order valence-corrected chi connectivity index (χ0v) is 7.02. The molecule has 0 aliphatic heterocycles. The Labute approximate surface area is 73.5 Å². The van der Waals surface area contributed by atoms with E-state index in [0.717, 1.165) is 11.1 Å². The number of nitrogens with zero attached hydrogens (tertiary/aromatic N) is 1. The Hall–Kier alpha value is -0.900. The van der Waals surface area contributed by atoms with Gasteiger partial charge in [-0.15, -0.1) is 11.8 Å². The largest absolute Gasteiger partial charge is 0.267 e. The van der Waals surface area contributed by atoms with Gasteiger partial charge in [0.2, 0.25) is 0 Å². The summed E-state index contributed by atoms with van der Waals surface area (Å²) in [5, 5.41) is 0.759. The normalized spacial score (nSPS) is 9.50. The van der Waals surface area contributed by atoms with E-state index in [1.165, 1.54) is 11.8 Å².